The van der Waals surface area contributed by atoms with E-state index in [2.05, 4.69) is 9.97 Å². The SMILES string of the molecule is Cc1cc(CCC(=O)OC(C)(C)C)nc(-c2nc(=O)c3ccccc3s2)c1. The lowest BCUT2D eigenvalue weighted by Crippen LogP contribution is -2.24. The predicted molar refractivity (Wildman–Crippen MR) is 108 cm³/mol. The fourth-order valence-corrected chi connectivity index (χ4v) is 3.68. The van der Waals surface area contributed by atoms with Crippen LogP contribution in [-0.4, -0.2) is 21.5 Å². The van der Waals surface area contributed by atoms with Gasteiger partial charge in [-0.25, -0.2) is 0 Å². The van der Waals surface area contributed by atoms with Crippen LogP contribution in [0.15, 0.2) is 41.2 Å². The smallest absolute Gasteiger partial charge is 0.306 e. The van der Waals surface area contributed by atoms with Crippen LogP contribution in [0.1, 0.15) is 38.4 Å². The quantitative estimate of drug-likeness (QED) is 0.629. The number of fused-ring (bicyclic) bond motifs is 1. The Morgan fingerprint density at radius 1 is 1.15 bits per heavy atom. The van der Waals surface area contributed by atoms with E-state index < -0.39 is 5.60 Å². The first-order chi connectivity index (χ1) is 12.7. The summed E-state index contributed by atoms with van der Waals surface area (Å²) in [7, 11) is 0. The van der Waals surface area contributed by atoms with E-state index in [9.17, 15) is 9.59 Å². The molecule has 0 atom stereocenters. The van der Waals surface area contributed by atoms with Gasteiger partial charge in [0.05, 0.1) is 17.5 Å². The molecule has 2 aromatic heterocycles. The van der Waals surface area contributed by atoms with Crippen molar-refractivity contribution in [3.8, 4) is 10.7 Å². The average Bonchev–Trinajstić information content (AvgIpc) is 2.58. The number of rotatable bonds is 4. The third-order valence-corrected chi connectivity index (χ3v) is 4.84. The number of carbonyl (C=O) groups excluding carboxylic acids is 1. The first-order valence-corrected chi connectivity index (χ1v) is 9.62. The van der Waals surface area contributed by atoms with Crippen molar-refractivity contribution in [2.24, 2.45) is 0 Å². The molecule has 2 heterocycles. The number of pyridine rings is 1. The molecule has 3 rings (SSSR count). The Morgan fingerprint density at radius 3 is 2.63 bits per heavy atom. The standard InChI is InChI=1S/C21H22N2O3S/c1-13-11-14(9-10-18(24)26-21(2,3)4)22-16(12-13)20-23-19(25)15-7-5-6-8-17(15)27-20/h5-8,11-12H,9-10H2,1-4H3. The zero-order chi connectivity index (χ0) is 19.6. The highest BCUT2D eigenvalue weighted by molar-refractivity contribution is 7.21. The van der Waals surface area contributed by atoms with Gasteiger partial charge in [-0.05, 0) is 57.5 Å². The summed E-state index contributed by atoms with van der Waals surface area (Å²) in [6.07, 6.45) is 0.737. The molecule has 0 N–H and O–H groups in total. The lowest BCUT2D eigenvalue weighted by Gasteiger charge is -2.19. The van der Waals surface area contributed by atoms with Crippen molar-refractivity contribution >= 4 is 27.4 Å². The van der Waals surface area contributed by atoms with Crippen LogP contribution in [0.5, 0.6) is 0 Å². The van der Waals surface area contributed by atoms with Gasteiger partial charge in [0.25, 0.3) is 5.56 Å². The monoisotopic (exact) mass is 382 g/mol. The molecule has 0 unspecified atom stereocenters. The van der Waals surface area contributed by atoms with Crippen LogP contribution in [0, 0.1) is 6.92 Å². The van der Waals surface area contributed by atoms with Crippen molar-refractivity contribution in [1.82, 2.24) is 9.97 Å². The minimum Gasteiger partial charge on any atom is -0.460 e. The molecule has 0 spiro atoms. The molecule has 6 heteroatoms. The van der Waals surface area contributed by atoms with Gasteiger partial charge in [0.15, 0.2) is 0 Å². The average molecular weight is 382 g/mol. The van der Waals surface area contributed by atoms with Gasteiger partial charge in [-0.3, -0.25) is 14.6 Å². The minimum atomic E-state index is -0.497. The molecule has 140 valence electrons. The van der Waals surface area contributed by atoms with Crippen molar-refractivity contribution in [3.63, 3.8) is 0 Å². The molecule has 0 radical (unpaired) electrons. The first-order valence-electron chi connectivity index (χ1n) is 8.81. The zero-order valence-electron chi connectivity index (χ0n) is 15.9. The Balaban J connectivity index is 1.88. The number of aryl methyl sites for hydroxylation is 2. The lowest BCUT2D eigenvalue weighted by atomic mass is 10.1. The molecular weight excluding hydrogens is 360 g/mol. The maximum atomic E-state index is 12.3. The lowest BCUT2D eigenvalue weighted by molar-refractivity contribution is -0.154. The van der Waals surface area contributed by atoms with Crippen molar-refractivity contribution < 1.29 is 9.53 Å². The van der Waals surface area contributed by atoms with Crippen molar-refractivity contribution in [2.75, 3.05) is 0 Å². The van der Waals surface area contributed by atoms with Crippen LogP contribution < -0.4 is 5.56 Å². The van der Waals surface area contributed by atoms with E-state index >= 15 is 0 Å². The Labute approximate surface area is 162 Å². The number of aromatic nitrogens is 2. The number of nitrogens with zero attached hydrogens (tertiary/aromatic N) is 2. The van der Waals surface area contributed by atoms with E-state index in [1.807, 2.05) is 58.0 Å². The maximum absolute atomic E-state index is 12.3. The fraction of sp³-hybridized carbons (Fsp3) is 0.333. The summed E-state index contributed by atoms with van der Waals surface area (Å²) in [6, 6.07) is 11.3. The van der Waals surface area contributed by atoms with Gasteiger partial charge in [0, 0.05) is 16.8 Å². The fourth-order valence-electron chi connectivity index (χ4n) is 2.72. The zero-order valence-corrected chi connectivity index (χ0v) is 16.7. The van der Waals surface area contributed by atoms with Gasteiger partial charge in [-0.2, -0.15) is 4.98 Å². The number of carbonyl (C=O) groups is 1. The van der Waals surface area contributed by atoms with Crippen LogP contribution in [0.3, 0.4) is 0 Å². The molecule has 3 aromatic rings. The highest BCUT2D eigenvalue weighted by atomic mass is 32.1. The summed E-state index contributed by atoms with van der Waals surface area (Å²) in [4.78, 5) is 33.1. The van der Waals surface area contributed by atoms with E-state index in [0.29, 0.717) is 22.5 Å². The molecule has 0 amide bonds. The highest BCUT2D eigenvalue weighted by Gasteiger charge is 2.16. The topological polar surface area (TPSA) is 69.2 Å². The Bertz CT molecular complexity index is 1050. The van der Waals surface area contributed by atoms with Crippen molar-refractivity contribution in [2.45, 2.75) is 46.1 Å². The largest absolute Gasteiger partial charge is 0.460 e. The third-order valence-electron chi connectivity index (χ3n) is 3.77. The molecule has 0 saturated heterocycles. The van der Waals surface area contributed by atoms with Gasteiger partial charge >= 0.3 is 5.97 Å². The number of benzene rings is 1. The Kier molecular flexibility index (Phi) is 5.37. The summed E-state index contributed by atoms with van der Waals surface area (Å²) in [5, 5.41) is 1.20. The molecule has 0 aliphatic carbocycles. The van der Waals surface area contributed by atoms with Crippen molar-refractivity contribution in [3.05, 3.63) is 58.0 Å². The number of hydrogen-bond donors (Lipinski definition) is 0. The second-order valence-electron chi connectivity index (χ2n) is 7.43. The summed E-state index contributed by atoms with van der Waals surface area (Å²) < 4.78 is 6.23. The number of esters is 1. The van der Waals surface area contributed by atoms with Gasteiger partial charge in [-0.1, -0.05) is 12.1 Å². The second kappa shape index (κ2) is 7.56. The van der Waals surface area contributed by atoms with E-state index in [4.69, 9.17) is 4.74 Å². The second-order valence-corrected chi connectivity index (χ2v) is 8.46. The van der Waals surface area contributed by atoms with E-state index in [1.165, 1.54) is 11.3 Å². The van der Waals surface area contributed by atoms with E-state index in [1.54, 1.807) is 6.07 Å². The maximum Gasteiger partial charge on any atom is 0.306 e. The number of hydrogen-bond acceptors (Lipinski definition) is 6. The van der Waals surface area contributed by atoms with Crippen LogP contribution in [0.2, 0.25) is 0 Å². The summed E-state index contributed by atoms with van der Waals surface area (Å²) in [5.41, 5.74) is 1.70. The summed E-state index contributed by atoms with van der Waals surface area (Å²) in [6.45, 7) is 7.51. The molecule has 5 nitrogen and oxygen atoms in total. The minimum absolute atomic E-state index is 0.249. The normalized spacial score (nSPS) is 11.6. The van der Waals surface area contributed by atoms with Crippen molar-refractivity contribution in [1.29, 1.82) is 0 Å². The van der Waals surface area contributed by atoms with Gasteiger partial charge < -0.3 is 4.74 Å². The van der Waals surface area contributed by atoms with Crippen LogP contribution >= 0.6 is 11.3 Å². The molecule has 27 heavy (non-hydrogen) atoms. The molecule has 0 aliphatic rings. The van der Waals surface area contributed by atoms with E-state index in [0.717, 1.165) is 16.0 Å². The van der Waals surface area contributed by atoms with Crippen LogP contribution in [-0.2, 0) is 16.0 Å². The molecule has 0 bridgehead atoms. The Morgan fingerprint density at radius 2 is 1.89 bits per heavy atom. The third kappa shape index (κ3) is 4.98. The summed E-state index contributed by atoms with van der Waals surface area (Å²) in [5.74, 6) is -0.249. The summed E-state index contributed by atoms with van der Waals surface area (Å²) >= 11 is 1.44. The Hall–Kier alpha value is -2.60. The molecule has 0 fully saturated rings. The van der Waals surface area contributed by atoms with Crippen LogP contribution in [0.4, 0.5) is 0 Å². The van der Waals surface area contributed by atoms with E-state index in [-0.39, 0.29) is 17.9 Å². The predicted octanol–water partition coefficient (Wildman–Crippen LogP) is 4.30. The molecule has 1 aromatic carbocycles. The van der Waals surface area contributed by atoms with Crippen LogP contribution in [0.25, 0.3) is 20.8 Å². The number of ether oxygens (including phenoxy) is 1. The molecule has 0 aliphatic heterocycles. The molecular formula is C21H22N2O3S. The van der Waals surface area contributed by atoms with Gasteiger partial charge in [0.1, 0.15) is 10.6 Å². The van der Waals surface area contributed by atoms with Gasteiger partial charge in [0.2, 0.25) is 0 Å². The van der Waals surface area contributed by atoms with Gasteiger partial charge in [-0.15, -0.1) is 11.3 Å². The highest BCUT2D eigenvalue weighted by Crippen LogP contribution is 2.25. The first kappa shape index (κ1) is 19.2. The molecule has 0 saturated carbocycles.